The topological polar surface area (TPSA) is 44.6 Å². The number of anilines is 1. The number of piperazine rings is 1. The van der Waals surface area contributed by atoms with E-state index in [1.807, 2.05) is 4.90 Å². The van der Waals surface area contributed by atoms with Crippen LogP contribution in [0.5, 0.6) is 0 Å². The van der Waals surface area contributed by atoms with Crippen molar-refractivity contribution in [2.75, 3.05) is 44.2 Å². The van der Waals surface area contributed by atoms with Gasteiger partial charge in [-0.05, 0) is 44.0 Å². The standard InChI is InChI=1S/C25H29ClF3N5OS.ClH/c1-16(2)33-6-5-18-21(14-33)36-23-22(18)24(35)34(15-30-23)12-9-31-7-10-32(11-8-31)17-3-4-20(26)19(13-17)25(27,28)29;/h3-4,13,15-16H,5-12,14H2,1-2H3;1H. The predicted molar refractivity (Wildman–Crippen MR) is 145 cm³/mol. The zero-order valence-electron chi connectivity index (χ0n) is 20.7. The highest BCUT2D eigenvalue weighted by Gasteiger charge is 2.34. The third kappa shape index (κ3) is 5.78. The molecule has 0 radical (unpaired) electrons. The predicted octanol–water partition coefficient (Wildman–Crippen LogP) is 5.14. The first-order valence-corrected chi connectivity index (χ1v) is 13.4. The van der Waals surface area contributed by atoms with E-state index < -0.39 is 11.7 Å². The van der Waals surface area contributed by atoms with Crippen LogP contribution in [-0.2, 0) is 25.7 Å². The molecule has 5 rings (SSSR count). The lowest BCUT2D eigenvalue weighted by Crippen LogP contribution is -2.47. The van der Waals surface area contributed by atoms with Gasteiger partial charge in [-0.25, -0.2) is 4.98 Å². The summed E-state index contributed by atoms with van der Waals surface area (Å²) in [4.78, 5) is 26.6. The van der Waals surface area contributed by atoms with Crippen molar-refractivity contribution in [2.45, 2.75) is 45.6 Å². The molecule has 1 saturated heterocycles. The minimum absolute atomic E-state index is 0. The highest BCUT2D eigenvalue weighted by Crippen LogP contribution is 2.37. The third-order valence-corrected chi connectivity index (χ3v) is 8.69. The van der Waals surface area contributed by atoms with Crippen molar-refractivity contribution >= 4 is 51.2 Å². The second kappa shape index (κ2) is 11.1. The number of thiophene rings is 1. The van der Waals surface area contributed by atoms with Gasteiger partial charge in [0.2, 0.25) is 0 Å². The molecule has 2 aromatic heterocycles. The molecule has 12 heteroatoms. The van der Waals surface area contributed by atoms with Crippen LogP contribution >= 0.6 is 35.3 Å². The average molecular weight is 577 g/mol. The molecule has 37 heavy (non-hydrogen) atoms. The minimum Gasteiger partial charge on any atom is -0.369 e. The Kier molecular flexibility index (Phi) is 8.45. The Morgan fingerprint density at radius 3 is 2.51 bits per heavy atom. The number of fused-ring (bicyclic) bond motifs is 3. The number of halogens is 5. The van der Waals surface area contributed by atoms with Gasteiger partial charge in [-0.3, -0.25) is 19.2 Å². The smallest absolute Gasteiger partial charge is 0.369 e. The van der Waals surface area contributed by atoms with Gasteiger partial charge in [-0.15, -0.1) is 23.7 Å². The minimum atomic E-state index is -4.48. The molecule has 3 aromatic rings. The van der Waals surface area contributed by atoms with Gasteiger partial charge in [0.15, 0.2) is 0 Å². The summed E-state index contributed by atoms with van der Waals surface area (Å²) in [5.74, 6) is 0. The number of hydrogen-bond donors (Lipinski definition) is 0. The van der Waals surface area contributed by atoms with E-state index in [1.54, 1.807) is 28.3 Å². The van der Waals surface area contributed by atoms with Crippen LogP contribution in [0.3, 0.4) is 0 Å². The first kappa shape index (κ1) is 28.2. The van der Waals surface area contributed by atoms with Crippen molar-refractivity contribution in [3.63, 3.8) is 0 Å². The monoisotopic (exact) mass is 575 g/mol. The number of benzene rings is 1. The molecule has 0 amide bonds. The summed E-state index contributed by atoms with van der Waals surface area (Å²) < 4.78 is 41.4. The van der Waals surface area contributed by atoms with Gasteiger partial charge < -0.3 is 4.90 Å². The molecule has 0 aliphatic carbocycles. The van der Waals surface area contributed by atoms with E-state index >= 15 is 0 Å². The average Bonchev–Trinajstić information content (AvgIpc) is 3.22. The van der Waals surface area contributed by atoms with Crippen LogP contribution in [0.25, 0.3) is 10.2 Å². The van der Waals surface area contributed by atoms with Crippen molar-refractivity contribution in [1.82, 2.24) is 19.4 Å². The van der Waals surface area contributed by atoms with Crippen LogP contribution in [0.15, 0.2) is 29.3 Å². The van der Waals surface area contributed by atoms with E-state index in [0.717, 1.165) is 41.4 Å². The molecule has 0 unspecified atom stereocenters. The maximum atomic E-state index is 13.3. The van der Waals surface area contributed by atoms with Gasteiger partial charge in [0, 0.05) is 69.0 Å². The van der Waals surface area contributed by atoms with Crippen LogP contribution in [0.2, 0.25) is 5.02 Å². The maximum absolute atomic E-state index is 13.3. The summed E-state index contributed by atoms with van der Waals surface area (Å²) in [6.45, 7) is 10.0. The molecule has 0 bridgehead atoms. The fourth-order valence-electron chi connectivity index (χ4n) is 5.04. The molecule has 1 aromatic carbocycles. The Hall–Kier alpha value is -1.85. The first-order valence-electron chi connectivity index (χ1n) is 12.2. The first-order chi connectivity index (χ1) is 17.1. The van der Waals surface area contributed by atoms with Gasteiger partial charge >= 0.3 is 6.18 Å². The summed E-state index contributed by atoms with van der Waals surface area (Å²) in [5, 5.41) is 0.485. The molecule has 202 valence electrons. The van der Waals surface area contributed by atoms with Crippen LogP contribution in [0.1, 0.15) is 29.9 Å². The fourth-order valence-corrected chi connectivity index (χ4v) is 6.47. The van der Waals surface area contributed by atoms with Gasteiger partial charge in [-0.2, -0.15) is 13.2 Å². The van der Waals surface area contributed by atoms with E-state index in [4.69, 9.17) is 11.6 Å². The molecule has 1 fully saturated rings. The summed E-state index contributed by atoms with van der Waals surface area (Å²) in [6, 6.07) is 4.54. The zero-order chi connectivity index (χ0) is 25.6. The lowest BCUT2D eigenvalue weighted by Gasteiger charge is -2.36. The van der Waals surface area contributed by atoms with Crippen LogP contribution in [0.4, 0.5) is 18.9 Å². The SMILES string of the molecule is CC(C)N1CCc2c(sc3ncn(CCN4CCN(c5ccc(Cl)c(C(F)(F)F)c5)CC4)c(=O)c23)C1.Cl. The third-order valence-electron chi connectivity index (χ3n) is 7.24. The molecule has 2 aliphatic rings. The molecule has 6 nitrogen and oxygen atoms in total. The van der Waals surface area contributed by atoms with Crippen molar-refractivity contribution in [3.05, 3.63) is 55.9 Å². The molecule has 0 atom stereocenters. The number of nitrogens with zero attached hydrogens (tertiary/aromatic N) is 5. The van der Waals surface area contributed by atoms with Crippen LogP contribution < -0.4 is 10.5 Å². The molecular formula is C25H30Cl2F3N5OS. The lowest BCUT2D eigenvalue weighted by atomic mass is 10.0. The molecule has 0 saturated carbocycles. The molecular weight excluding hydrogens is 546 g/mol. The van der Waals surface area contributed by atoms with Crippen LogP contribution in [0, 0.1) is 0 Å². The lowest BCUT2D eigenvalue weighted by molar-refractivity contribution is -0.137. The summed E-state index contributed by atoms with van der Waals surface area (Å²) >= 11 is 7.39. The highest BCUT2D eigenvalue weighted by molar-refractivity contribution is 7.18. The summed E-state index contributed by atoms with van der Waals surface area (Å²) in [7, 11) is 0. The Balaban J connectivity index is 0.00000320. The summed E-state index contributed by atoms with van der Waals surface area (Å²) in [6.07, 6.45) is -1.96. The Labute approximate surface area is 229 Å². The van der Waals surface area contributed by atoms with E-state index in [2.05, 4.69) is 28.6 Å². The van der Waals surface area contributed by atoms with Gasteiger partial charge in [0.25, 0.3) is 5.56 Å². The van der Waals surface area contributed by atoms with E-state index in [0.29, 0.717) is 51.0 Å². The van der Waals surface area contributed by atoms with Gasteiger partial charge in [-0.1, -0.05) is 11.6 Å². The normalized spacial score (nSPS) is 17.3. The van der Waals surface area contributed by atoms with Gasteiger partial charge in [0.05, 0.1) is 22.3 Å². The number of alkyl halides is 3. The van der Waals surface area contributed by atoms with Crippen molar-refractivity contribution in [3.8, 4) is 0 Å². The second-order valence-corrected chi connectivity index (χ2v) is 11.2. The quantitative estimate of drug-likeness (QED) is 0.421. The van der Waals surface area contributed by atoms with E-state index in [9.17, 15) is 18.0 Å². The maximum Gasteiger partial charge on any atom is 0.417 e. The highest BCUT2D eigenvalue weighted by atomic mass is 35.5. The zero-order valence-corrected chi connectivity index (χ0v) is 23.1. The summed E-state index contributed by atoms with van der Waals surface area (Å²) in [5.41, 5.74) is 0.901. The molecule has 2 aliphatic heterocycles. The van der Waals surface area contributed by atoms with E-state index in [1.165, 1.54) is 10.9 Å². The van der Waals surface area contributed by atoms with Crippen molar-refractivity contribution in [2.24, 2.45) is 0 Å². The van der Waals surface area contributed by atoms with Crippen molar-refractivity contribution < 1.29 is 13.2 Å². The van der Waals surface area contributed by atoms with Crippen LogP contribution in [-0.4, -0.2) is 64.7 Å². The van der Waals surface area contributed by atoms with E-state index in [-0.39, 0.29) is 23.0 Å². The molecule has 4 heterocycles. The molecule has 0 N–H and O–H groups in total. The second-order valence-electron chi connectivity index (χ2n) is 9.73. The number of aromatic nitrogens is 2. The Morgan fingerprint density at radius 2 is 1.84 bits per heavy atom. The fraction of sp³-hybridized carbons (Fsp3) is 0.520. The number of hydrogen-bond acceptors (Lipinski definition) is 6. The Bertz CT molecular complexity index is 1320. The Morgan fingerprint density at radius 1 is 1.11 bits per heavy atom. The number of rotatable bonds is 5. The van der Waals surface area contributed by atoms with Crippen molar-refractivity contribution in [1.29, 1.82) is 0 Å². The molecule has 0 spiro atoms. The largest absolute Gasteiger partial charge is 0.417 e. The van der Waals surface area contributed by atoms with Gasteiger partial charge in [0.1, 0.15) is 4.83 Å².